The molecule has 3 aromatic rings. The van der Waals surface area contributed by atoms with Crippen LogP contribution in [0, 0.1) is 0 Å². The number of nitrogens with one attached hydrogen (secondary N) is 4. The molecule has 0 aliphatic rings. The van der Waals surface area contributed by atoms with E-state index in [9.17, 15) is 29.4 Å². The molecule has 3 rings (SSSR count). The molecule has 0 saturated heterocycles. The quantitative estimate of drug-likeness (QED) is 0.190. The second-order valence-corrected chi connectivity index (χ2v) is 8.60. The van der Waals surface area contributed by atoms with E-state index in [0.717, 1.165) is 11.1 Å². The molecule has 0 radical (unpaired) electrons. The Balaban J connectivity index is 1.47. The topological polar surface area (TPSA) is 157 Å². The first-order valence-electron chi connectivity index (χ1n) is 12.0. The normalized spacial score (nSPS) is 12.2. The van der Waals surface area contributed by atoms with Crippen LogP contribution in [-0.2, 0) is 32.3 Å². The predicted molar refractivity (Wildman–Crippen MR) is 142 cm³/mol. The van der Waals surface area contributed by atoms with E-state index < -0.39 is 35.8 Å². The summed E-state index contributed by atoms with van der Waals surface area (Å²) in [6.45, 7) is 0.619. The van der Waals surface area contributed by atoms with Crippen LogP contribution in [-0.4, -0.2) is 46.0 Å². The molecule has 10 nitrogen and oxygen atoms in total. The van der Waals surface area contributed by atoms with Gasteiger partial charge in [0.25, 0.3) is 0 Å². The van der Waals surface area contributed by atoms with Crippen molar-refractivity contribution in [1.82, 2.24) is 10.6 Å². The first-order valence-corrected chi connectivity index (χ1v) is 12.0. The molecular weight excluding hydrogens is 488 g/mol. The van der Waals surface area contributed by atoms with E-state index >= 15 is 0 Å². The highest BCUT2D eigenvalue weighted by atomic mass is 16.4. The Labute approximate surface area is 220 Å². The number of carboxylic acids is 2. The maximum absolute atomic E-state index is 12.4. The lowest BCUT2D eigenvalue weighted by Crippen LogP contribution is -2.39. The molecule has 0 aromatic heterocycles. The van der Waals surface area contributed by atoms with Crippen LogP contribution in [0.15, 0.2) is 84.9 Å². The zero-order valence-electron chi connectivity index (χ0n) is 20.6. The molecule has 10 heteroatoms. The molecule has 0 bridgehead atoms. The van der Waals surface area contributed by atoms with Gasteiger partial charge in [0.2, 0.25) is 11.8 Å². The van der Waals surface area contributed by atoms with Crippen LogP contribution in [0.25, 0.3) is 0 Å². The van der Waals surface area contributed by atoms with Gasteiger partial charge in [0.05, 0.1) is 12.8 Å². The van der Waals surface area contributed by atoms with Gasteiger partial charge in [-0.1, -0.05) is 60.7 Å². The maximum Gasteiger partial charge on any atom is 0.321 e. The summed E-state index contributed by atoms with van der Waals surface area (Å²) in [6, 6.07) is 22.6. The molecule has 0 fully saturated rings. The molecule has 0 unspecified atom stereocenters. The molecule has 0 heterocycles. The maximum atomic E-state index is 12.4. The van der Waals surface area contributed by atoms with E-state index in [1.165, 1.54) is 0 Å². The Morgan fingerprint density at radius 2 is 0.895 bits per heavy atom. The van der Waals surface area contributed by atoms with Crippen LogP contribution < -0.4 is 21.3 Å². The van der Waals surface area contributed by atoms with Crippen LogP contribution >= 0.6 is 0 Å². The molecule has 0 saturated carbocycles. The summed E-state index contributed by atoms with van der Waals surface area (Å²) in [6.07, 6.45) is -0.541. The Morgan fingerprint density at radius 3 is 1.21 bits per heavy atom. The molecule has 6 N–H and O–H groups in total. The van der Waals surface area contributed by atoms with E-state index in [2.05, 4.69) is 21.3 Å². The third kappa shape index (κ3) is 9.49. The molecule has 2 atom stereocenters. The van der Waals surface area contributed by atoms with Crippen molar-refractivity contribution >= 4 is 35.1 Å². The van der Waals surface area contributed by atoms with Gasteiger partial charge in [-0.05, 0) is 35.4 Å². The van der Waals surface area contributed by atoms with Crippen LogP contribution in [0.4, 0.5) is 11.4 Å². The van der Waals surface area contributed by atoms with Gasteiger partial charge in [0.15, 0.2) is 0 Å². The summed E-state index contributed by atoms with van der Waals surface area (Å²) in [5.41, 5.74) is 2.65. The number of amides is 2. The van der Waals surface area contributed by atoms with Gasteiger partial charge >= 0.3 is 11.9 Å². The third-order valence-electron chi connectivity index (χ3n) is 5.62. The van der Waals surface area contributed by atoms with Gasteiger partial charge in [-0.25, -0.2) is 0 Å². The van der Waals surface area contributed by atoms with E-state index in [1.807, 2.05) is 60.7 Å². The van der Waals surface area contributed by atoms with Crippen LogP contribution in [0.2, 0.25) is 0 Å². The van der Waals surface area contributed by atoms with Crippen molar-refractivity contribution in [3.05, 3.63) is 96.1 Å². The molecule has 38 heavy (non-hydrogen) atoms. The highest BCUT2D eigenvalue weighted by Crippen LogP contribution is 2.15. The number of aliphatic carboxylic acids is 2. The summed E-state index contributed by atoms with van der Waals surface area (Å²) in [5, 5.41) is 29.9. The molecule has 2 amide bonds. The van der Waals surface area contributed by atoms with Crippen LogP contribution in [0.1, 0.15) is 24.0 Å². The number of rotatable bonds is 14. The van der Waals surface area contributed by atoms with Crippen molar-refractivity contribution in [2.24, 2.45) is 0 Å². The average Bonchev–Trinajstić information content (AvgIpc) is 2.91. The first-order chi connectivity index (χ1) is 18.3. The smallest absolute Gasteiger partial charge is 0.321 e. The van der Waals surface area contributed by atoms with Gasteiger partial charge in [0, 0.05) is 24.5 Å². The lowest BCUT2D eigenvalue weighted by molar-refractivity contribution is -0.141. The summed E-state index contributed by atoms with van der Waals surface area (Å²) in [5.74, 6) is -3.23. The fraction of sp³-hybridized carbons (Fsp3) is 0.214. The number of hydrogen-bond acceptors (Lipinski definition) is 6. The zero-order valence-corrected chi connectivity index (χ0v) is 20.6. The van der Waals surface area contributed by atoms with E-state index in [1.54, 1.807) is 24.3 Å². The summed E-state index contributed by atoms with van der Waals surface area (Å²) in [7, 11) is 0. The Bertz CT molecular complexity index is 1120. The molecule has 0 aliphatic heterocycles. The fourth-order valence-electron chi connectivity index (χ4n) is 3.60. The second kappa shape index (κ2) is 14.3. The SMILES string of the molecule is O=C(C[C@H](NCc1ccccc1)C(=O)O)Nc1ccc(NC(=O)C[C@@H](NCc2ccccc2)C(=O)O)cc1. The van der Waals surface area contributed by atoms with E-state index in [4.69, 9.17) is 0 Å². The molecule has 0 spiro atoms. The van der Waals surface area contributed by atoms with Gasteiger partial charge in [-0.3, -0.25) is 29.8 Å². The summed E-state index contributed by atoms with van der Waals surface area (Å²) >= 11 is 0. The lowest BCUT2D eigenvalue weighted by atomic mass is 10.1. The zero-order chi connectivity index (χ0) is 27.3. The number of anilines is 2. The summed E-state index contributed by atoms with van der Waals surface area (Å²) in [4.78, 5) is 47.9. The number of carbonyl (C=O) groups is 4. The van der Waals surface area contributed by atoms with Crippen molar-refractivity contribution in [1.29, 1.82) is 0 Å². The lowest BCUT2D eigenvalue weighted by Gasteiger charge is -2.15. The Hall–Kier alpha value is -4.54. The van der Waals surface area contributed by atoms with Crippen molar-refractivity contribution < 1.29 is 29.4 Å². The van der Waals surface area contributed by atoms with Crippen molar-refractivity contribution in [2.75, 3.05) is 10.6 Å². The molecule has 198 valence electrons. The number of carbonyl (C=O) groups excluding carboxylic acids is 2. The number of carboxylic acid groups (broad SMARTS) is 2. The van der Waals surface area contributed by atoms with Crippen molar-refractivity contribution in [2.45, 2.75) is 38.0 Å². The highest BCUT2D eigenvalue weighted by molar-refractivity contribution is 5.96. The van der Waals surface area contributed by atoms with E-state index in [-0.39, 0.29) is 12.8 Å². The minimum Gasteiger partial charge on any atom is -0.480 e. The Kier molecular flexibility index (Phi) is 10.5. The van der Waals surface area contributed by atoms with Crippen LogP contribution in [0.3, 0.4) is 0 Å². The largest absolute Gasteiger partial charge is 0.480 e. The minimum absolute atomic E-state index is 0.271. The van der Waals surface area contributed by atoms with Gasteiger partial charge in [-0.15, -0.1) is 0 Å². The highest BCUT2D eigenvalue weighted by Gasteiger charge is 2.22. The fourth-order valence-corrected chi connectivity index (χ4v) is 3.60. The summed E-state index contributed by atoms with van der Waals surface area (Å²) < 4.78 is 0. The standard InChI is InChI=1S/C28H30N4O6/c33-25(15-23(27(35)36)29-17-19-7-3-1-4-8-19)31-21-11-13-22(14-12-21)32-26(34)16-24(28(37)38)30-18-20-9-5-2-6-10-20/h1-14,23-24,29-30H,15-18H2,(H,31,33)(H,32,34)(H,35,36)(H,37,38)/t23-,24+. The number of hydrogen-bond donors (Lipinski definition) is 6. The minimum atomic E-state index is -1.13. The Morgan fingerprint density at radius 1 is 0.553 bits per heavy atom. The monoisotopic (exact) mass is 518 g/mol. The van der Waals surface area contributed by atoms with E-state index in [0.29, 0.717) is 24.5 Å². The first kappa shape index (κ1) is 28.0. The van der Waals surface area contributed by atoms with Crippen LogP contribution in [0.5, 0.6) is 0 Å². The van der Waals surface area contributed by atoms with Crippen molar-refractivity contribution in [3.8, 4) is 0 Å². The number of benzene rings is 3. The van der Waals surface area contributed by atoms with Gasteiger partial charge in [-0.2, -0.15) is 0 Å². The molecular formula is C28H30N4O6. The average molecular weight is 519 g/mol. The molecule has 0 aliphatic carbocycles. The second-order valence-electron chi connectivity index (χ2n) is 8.60. The van der Waals surface area contributed by atoms with Gasteiger partial charge in [0.1, 0.15) is 12.1 Å². The van der Waals surface area contributed by atoms with Crippen molar-refractivity contribution in [3.63, 3.8) is 0 Å². The predicted octanol–water partition coefficient (Wildman–Crippen LogP) is 2.83. The van der Waals surface area contributed by atoms with Gasteiger partial charge < -0.3 is 20.8 Å². The third-order valence-corrected chi connectivity index (χ3v) is 5.62. The molecule has 3 aromatic carbocycles.